The normalized spacial score (nSPS) is 16.9. The molecule has 0 bridgehead atoms. The lowest BCUT2D eigenvalue weighted by Gasteiger charge is -2.38. The maximum absolute atomic E-state index is 6.10. The van der Waals surface area contributed by atoms with E-state index in [1.54, 1.807) is 0 Å². The fourth-order valence-corrected chi connectivity index (χ4v) is 0.894. The summed E-state index contributed by atoms with van der Waals surface area (Å²) < 4.78 is 0. The minimum absolute atomic E-state index is 0. The zero-order valence-electron chi connectivity index (χ0n) is 8.40. The van der Waals surface area contributed by atoms with Crippen LogP contribution in [0.3, 0.4) is 0 Å². The van der Waals surface area contributed by atoms with Crippen molar-refractivity contribution >= 4 is 24.0 Å². The quantitative estimate of drug-likeness (QED) is 0.767. The van der Waals surface area contributed by atoms with Gasteiger partial charge in [-0.05, 0) is 18.8 Å². The molecular weight excluding hydrogens is 249 g/mol. The molecule has 2 heteroatoms. The second kappa shape index (κ2) is 4.65. The van der Waals surface area contributed by atoms with Crippen molar-refractivity contribution in [2.75, 3.05) is 0 Å². The van der Waals surface area contributed by atoms with Gasteiger partial charge in [-0.1, -0.05) is 34.1 Å². The molecule has 1 nitrogen and oxygen atoms in total. The van der Waals surface area contributed by atoms with E-state index >= 15 is 0 Å². The molecule has 70 valence electrons. The molecule has 0 aromatic heterocycles. The summed E-state index contributed by atoms with van der Waals surface area (Å²) in [5.41, 5.74) is 6.32. The molecule has 0 heterocycles. The lowest BCUT2D eigenvalue weighted by Crippen LogP contribution is -2.48. The van der Waals surface area contributed by atoms with Crippen LogP contribution in [0.5, 0.6) is 0 Å². The number of rotatable bonds is 2. The van der Waals surface area contributed by atoms with Gasteiger partial charge in [-0.3, -0.25) is 0 Å². The minimum atomic E-state index is -0.0122. The molecule has 1 atom stereocenters. The van der Waals surface area contributed by atoms with Crippen LogP contribution in [0.15, 0.2) is 0 Å². The number of hydrogen-bond donors (Lipinski definition) is 1. The molecule has 0 fully saturated rings. The van der Waals surface area contributed by atoms with Gasteiger partial charge in [0, 0.05) is 5.54 Å². The molecule has 0 aliphatic carbocycles. The van der Waals surface area contributed by atoms with Crippen molar-refractivity contribution in [3.05, 3.63) is 0 Å². The molecule has 0 aliphatic rings. The van der Waals surface area contributed by atoms with Crippen LogP contribution in [0.4, 0.5) is 0 Å². The van der Waals surface area contributed by atoms with Gasteiger partial charge in [-0.15, -0.1) is 24.0 Å². The van der Waals surface area contributed by atoms with Gasteiger partial charge in [0.05, 0.1) is 0 Å². The minimum Gasteiger partial charge on any atom is -0.325 e. The lowest BCUT2D eigenvalue weighted by atomic mass is 9.73. The van der Waals surface area contributed by atoms with Gasteiger partial charge in [0.15, 0.2) is 0 Å². The van der Waals surface area contributed by atoms with Crippen molar-refractivity contribution in [3.8, 4) is 0 Å². The summed E-state index contributed by atoms with van der Waals surface area (Å²) >= 11 is 0. The van der Waals surface area contributed by atoms with E-state index in [0.717, 1.165) is 6.42 Å². The highest BCUT2D eigenvalue weighted by Gasteiger charge is 2.31. The topological polar surface area (TPSA) is 26.0 Å². The maximum Gasteiger partial charge on any atom is 0.0174 e. The molecule has 2 N–H and O–H groups in total. The third-order valence-electron chi connectivity index (χ3n) is 2.48. The van der Waals surface area contributed by atoms with E-state index in [1.165, 1.54) is 6.42 Å². The Morgan fingerprint density at radius 1 is 1.09 bits per heavy atom. The van der Waals surface area contributed by atoms with Gasteiger partial charge in [0.2, 0.25) is 0 Å². The molecule has 0 aliphatic heterocycles. The van der Waals surface area contributed by atoms with E-state index in [-0.39, 0.29) is 34.9 Å². The summed E-state index contributed by atoms with van der Waals surface area (Å²) in [5.74, 6) is 0. The monoisotopic (exact) mass is 271 g/mol. The van der Waals surface area contributed by atoms with Crippen molar-refractivity contribution in [1.29, 1.82) is 0 Å². The highest BCUT2D eigenvalue weighted by Crippen LogP contribution is 2.30. The van der Waals surface area contributed by atoms with Crippen molar-refractivity contribution in [1.82, 2.24) is 0 Å². The van der Waals surface area contributed by atoms with Crippen LogP contribution in [0.2, 0.25) is 0 Å². The van der Waals surface area contributed by atoms with E-state index in [0.29, 0.717) is 0 Å². The SMILES string of the molecule is CCCC(C)(N)C(C)(C)C.I. The number of halogens is 1. The molecule has 0 aromatic rings. The van der Waals surface area contributed by atoms with E-state index < -0.39 is 0 Å². The van der Waals surface area contributed by atoms with Crippen LogP contribution in [0.1, 0.15) is 47.5 Å². The average molecular weight is 271 g/mol. The summed E-state index contributed by atoms with van der Waals surface area (Å²) in [7, 11) is 0. The molecule has 0 aromatic carbocycles. The smallest absolute Gasteiger partial charge is 0.0174 e. The Balaban J connectivity index is 0. The van der Waals surface area contributed by atoms with Crippen molar-refractivity contribution < 1.29 is 0 Å². The van der Waals surface area contributed by atoms with Gasteiger partial charge in [0.1, 0.15) is 0 Å². The largest absolute Gasteiger partial charge is 0.325 e. The van der Waals surface area contributed by atoms with Crippen LogP contribution < -0.4 is 5.73 Å². The fraction of sp³-hybridized carbons (Fsp3) is 1.00. The second-order valence-corrected chi connectivity index (χ2v) is 4.42. The Hall–Kier alpha value is 0.690. The predicted octanol–water partition coefficient (Wildman–Crippen LogP) is 3.17. The Kier molecular flexibility index (Phi) is 6.02. The Labute approximate surface area is 88.1 Å². The molecule has 0 amide bonds. The van der Waals surface area contributed by atoms with Gasteiger partial charge in [-0.2, -0.15) is 0 Å². The standard InChI is InChI=1S/C9H21N.HI/c1-6-7-9(5,10)8(2,3)4;/h6-7,10H2,1-5H3;1H. The third-order valence-corrected chi connectivity index (χ3v) is 2.48. The van der Waals surface area contributed by atoms with Crippen molar-refractivity contribution in [2.24, 2.45) is 11.1 Å². The first kappa shape index (κ1) is 14.2. The molecule has 0 rings (SSSR count). The van der Waals surface area contributed by atoms with Gasteiger partial charge >= 0.3 is 0 Å². The second-order valence-electron chi connectivity index (χ2n) is 4.42. The first-order valence-corrected chi connectivity index (χ1v) is 4.10. The highest BCUT2D eigenvalue weighted by atomic mass is 127. The van der Waals surface area contributed by atoms with Gasteiger partial charge < -0.3 is 5.73 Å². The summed E-state index contributed by atoms with van der Waals surface area (Å²) in [6, 6.07) is 0. The van der Waals surface area contributed by atoms with Crippen LogP contribution in [-0.2, 0) is 0 Å². The van der Waals surface area contributed by atoms with Gasteiger partial charge in [-0.25, -0.2) is 0 Å². The van der Waals surface area contributed by atoms with Crippen LogP contribution in [0, 0.1) is 5.41 Å². The zero-order valence-corrected chi connectivity index (χ0v) is 10.7. The molecule has 0 saturated heterocycles. The zero-order chi connectivity index (χ0) is 8.41. The molecular formula is C9H22IN. The predicted molar refractivity (Wildman–Crippen MR) is 62.4 cm³/mol. The molecule has 0 radical (unpaired) electrons. The van der Waals surface area contributed by atoms with E-state index in [4.69, 9.17) is 5.73 Å². The van der Waals surface area contributed by atoms with Crippen molar-refractivity contribution in [3.63, 3.8) is 0 Å². The summed E-state index contributed by atoms with van der Waals surface area (Å²) in [5, 5.41) is 0. The van der Waals surface area contributed by atoms with E-state index in [1.807, 2.05) is 0 Å². The molecule has 0 spiro atoms. The Morgan fingerprint density at radius 2 is 1.45 bits per heavy atom. The van der Waals surface area contributed by atoms with Crippen LogP contribution in [0.25, 0.3) is 0 Å². The summed E-state index contributed by atoms with van der Waals surface area (Å²) in [6.07, 6.45) is 2.28. The number of hydrogen-bond acceptors (Lipinski definition) is 1. The first-order chi connectivity index (χ1) is 4.31. The Morgan fingerprint density at radius 3 is 1.55 bits per heavy atom. The van der Waals surface area contributed by atoms with Crippen molar-refractivity contribution in [2.45, 2.75) is 53.0 Å². The van der Waals surface area contributed by atoms with Crippen LogP contribution >= 0.6 is 24.0 Å². The maximum atomic E-state index is 6.10. The fourth-order valence-electron chi connectivity index (χ4n) is 0.894. The third kappa shape index (κ3) is 4.31. The number of nitrogens with two attached hydrogens (primary N) is 1. The first-order valence-electron chi connectivity index (χ1n) is 4.10. The average Bonchev–Trinajstić information content (AvgIpc) is 1.61. The van der Waals surface area contributed by atoms with E-state index in [2.05, 4.69) is 34.6 Å². The molecule has 1 unspecified atom stereocenters. The summed E-state index contributed by atoms with van der Waals surface area (Å²) in [4.78, 5) is 0. The van der Waals surface area contributed by atoms with E-state index in [9.17, 15) is 0 Å². The van der Waals surface area contributed by atoms with Gasteiger partial charge in [0.25, 0.3) is 0 Å². The molecule has 11 heavy (non-hydrogen) atoms. The lowest BCUT2D eigenvalue weighted by molar-refractivity contribution is 0.193. The molecule has 0 saturated carbocycles. The Bertz CT molecular complexity index is 103. The summed E-state index contributed by atoms with van der Waals surface area (Å²) in [6.45, 7) is 10.9. The highest BCUT2D eigenvalue weighted by molar-refractivity contribution is 14.0. The van der Waals surface area contributed by atoms with Crippen LogP contribution in [-0.4, -0.2) is 5.54 Å².